The summed E-state index contributed by atoms with van der Waals surface area (Å²) in [4.78, 5) is 11.1. The molecule has 7 nitrogen and oxygen atoms in total. The summed E-state index contributed by atoms with van der Waals surface area (Å²) >= 11 is 0. The van der Waals surface area contributed by atoms with Gasteiger partial charge >= 0.3 is 35.5 Å². The van der Waals surface area contributed by atoms with E-state index < -0.39 is 39.5 Å². The number of carboxylic acid groups (broad SMARTS) is 1. The van der Waals surface area contributed by atoms with Crippen LogP contribution < -0.4 is 29.6 Å². The van der Waals surface area contributed by atoms with Crippen LogP contribution in [-0.4, -0.2) is 52.7 Å². The smallest absolute Gasteiger partial charge is 0.748 e. The second-order valence-corrected chi connectivity index (χ2v) is 7.71. The Balaban J connectivity index is 0.00000242. The number of hydrogen-bond donors (Lipinski definition) is 2. The summed E-state index contributed by atoms with van der Waals surface area (Å²) in [7, 11) is -4.52. The molecular weight excluding hydrogens is 323 g/mol. The van der Waals surface area contributed by atoms with Crippen molar-refractivity contribution in [2.45, 2.75) is 68.5 Å². The minimum Gasteiger partial charge on any atom is -0.748 e. The number of ether oxygens (including phenoxy) is 1. The van der Waals surface area contributed by atoms with Gasteiger partial charge in [0, 0.05) is 0 Å². The fourth-order valence-electron chi connectivity index (χ4n) is 3.28. The number of aliphatic carboxylic acids is 1. The molecule has 0 aliphatic heterocycles. The fourth-order valence-corrected chi connectivity index (χ4v) is 4.20. The summed E-state index contributed by atoms with van der Waals surface area (Å²) in [6.45, 7) is 0. The first-order valence-electron chi connectivity index (χ1n) is 7.26. The molecular formula is C13H21NaO7S. The summed E-state index contributed by atoms with van der Waals surface area (Å²) < 4.78 is 39.4. The maximum Gasteiger partial charge on any atom is 1.00 e. The topological polar surface area (TPSA) is 124 Å². The summed E-state index contributed by atoms with van der Waals surface area (Å²) in [6, 6.07) is 0. The molecule has 5 unspecified atom stereocenters. The molecule has 9 heteroatoms. The Hall–Kier alpha value is 0.300. The normalized spacial score (nSPS) is 36.4. The molecule has 22 heavy (non-hydrogen) atoms. The van der Waals surface area contributed by atoms with E-state index in [9.17, 15) is 22.9 Å². The maximum atomic E-state index is 11.2. The van der Waals surface area contributed by atoms with Crippen molar-refractivity contribution in [3.63, 3.8) is 0 Å². The zero-order chi connectivity index (χ0) is 15.6. The van der Waals surface area contributed by atoms with E-state index >= 15 is 0 Å². The van der Waals surface area contributed by atoms with Gasteiger partial charge in [-0.2, -0.15) is 0 Å². The first kappa shape index (κ1) is 20.3. The minimum atomic E-state index is -4.52. The molecule has 0 aromatic carbocycles. The van der Waals surface area contributed by atoms with Crippen molar-refractivity contribution >= 4 is 16.1 Å². The number of rotatable bonds is 4. The molecule has 0 bridgehead atoms. The zero-order valence-electron chi connectivity index (χ0n) is 12.7. The molecule has 2 aliphatic carbocycles. The summed E-state index contributed by atoms with van der Waals surface area (Å²) in [5.41, 5.74) is 0. The molecule has 2 saturated carbocycles. The van der Waals surface area contributed by atoms with Crippen molar-refractivity contribution < 1.29 is 62.3 Å². The number of carboxylic acids is 1. The first-order valence-corrected chi connectivity index (χ1v) is 8.74. The van der Waals surface area contributed by atoms with Crippen LogP contribution in [0.5, 0.6) is 0 Å². The van der Waals surface area contributed by atoms with Crippen LogP contribution in [0.25, 0.3) is 0 Å². The Morgan fingerprint density at radius 1 is 1.09 bits per heavy atom. The number of aliphatic hydroxyl groups excluding tert-OH is 1. The standard InChI is InChI=1S/C13H22O7S.Na/c14-9-2-1-3-10(6-9)20-11-4-8(13(15)16)5-12(7-11)21(17,18)19;/h8-12,14H,1-7H2,(H,15,16)(H,17,18,19);/q;+1/p-1. The molecule has 2 N–H and O–H groups in total. The second-order valence-electron chi connectivity index (χ2n) is 6.06. The van der Waals surface area contributed by atoms with E-state index in [-0.39, 0.29) is 54.9 Å². The molecule has 2 rings (SSSR count). The van der Waals surface area contributed by atoms with Crippen LogP contribution in [0.15, 0.2) is 0 Å². The third-order valence-corrected chi connectivity index (χ3v) is 5.56. The van der Waals surface area contributed by atoms with Crippen molar-refractivity contribution in [2.75, 3.05) is 0 Å². The molecule has 0 saturated heterocycles. The third kappa shape index (κ3) is 5.74. The molecule has 0 spiro atoms. The van der Waals surface area contributed by atoms with Gasteiger partial charge in [-0.1, -0.05) is 0 Å². The Bertz CT molecular complexity index is 481. The molecule has 0 aromatic rings. The quantitative estimate of drug-likeness (QED) is 0.426. The average molecular weight is 344 g/mol. The molecule has 0 radical (unpaired) electrons. The van der Waals surface area contributed by atoms with Gasteiger partial charge in [0.1, 0.15) is 0 Å². The van der Waals surface area contributed by atoms with Crippen LogP contribution in [0.1, 0.15) is 44.9 Å². The van der Waals surface area contributed by atoms with Crippen LogP contribution in [0.2, 0.25) is 0 Å². The van der Waals surface area contributed by atoms with E-state index in [0.717, 1.165) is 19.3 Å². The first-order chi connectivity index (χ1) is 9.75. The molecule has 0 aromatic heterocycles. The Morgan fingerprint density at radius 3 is 2.32 bits per heavy atom. The van der Waals surface area contributed by atoms with Gasteiger partial charge in [0.05, 0.1) is 39.6 Å². The van der Waals surface area contributed by atoms with Gasteiger partial charge in [-0.05, 0) is 44.9 Å². The van der Waals surface area contributed by atoms with Crippen LogP contribution >= 0.6 is 0 Å². The Labute approximate surface area is 152 Å². The van der Waals surface area contributed by atoms with E-state index in [1.54, 1.807) is 0 Å². The van der Waals surface area contributed by atoms with E-state index in [4.69, 9.17) is 9.84 Å². The SMILES string of the molecule is O=C(O)C1CC(OC2CCCC(O)C2)CC(S(=O)(=O)[O-])C1.[Na+]. The van der Waals surface area contributed by atoms with Crippen molar-refractivity contribution in [1.29, 1.82) is 0 Å². The van der Waals surface area contributed by atoms with Crippen LogP contribution in [0.3, 0.4) is 0 Å². The summed E-state index contributed by atoms with van der Waals surface area (Å²) in [6.07, 6.45) is 1.73. The van der Waals surface area contributed by atoms with Crippen molar-refractivity contribution in [3.05, 3.63) is 0 Å². The summed E-state index contributed by atoms with van der Waals surface area (Å²) in [5.74, 6) is -1.97. The van der Waals surface area contributed by atoms with Gasteiger partial charge in [-0.3, -0.25) is 4.79 Å². The van der Waals surface area contributed by atoms with E-state index in [2.05, 4.69) is 0 Å². The molecule has 0 heterocycles. The number of carbonyl (C=O) groups is 1. The Kier molecular flexibility index (Phi) is 7.78. The van der Waals surface area contributed by atoms with E-state index in [1.807, 2.05) is 0 Å². The summed E-state index contributed by atoms with van der Waals surface area (Å²) in [5, 5.41) is 17.5. The van der Waals surface area contributed by atoms with Crippen molar-refractivity contribution in [2.24, 2.45) is 5.92 Å². The Morgan fingerprint density at radius 2 is 1.77 bits per heavy atom. The molecule has 122 valence electrons. The van der Waals surface area contributed by atoms with Gasteiger partial charge in [-0.25, -0.2) is 8.42 Å². The zero-order valence-corrected chi connectivity index (χ0v) is 15.5. The second kappa shape index (κ2) is 8.41. The monoisotopic (exact) mass is 344 g/mol. The van der Waals surface area contributed by atoms with Crippen molar-refractivity contribution in [3.8, 4) is 0 Å². The van der Waals surface area contributed by atoms with Crippen LogP contribution in [0, 0.1) is 5.92 Å². The van der Waals surface area contributed by atoms with Gasteiger partial charge < -0.3 is 19.5 Å². The minimum absolute atomic E-state index is 0. The molecule has 5 atom stereocenters. The van der Waals surface area contributed by atoms with E-state index in [0.29, 0.717) is 6.42 Å². The number of aliphatic hydroxyl groups is 1. The molecule has 0 amide bonds. The van der Waals surface area contributed by atoms with Gasteiger partial charge in [0.25, 0.3) is 0 Å². The van der Waals surface area contributed by atoms with Crippen LogP contribution in [0.4, 0.5) is 0 Å². The third-order valence-electron chi connectivity index (χ3n) is 4.36. The van der Waals surface area contributed by atoms with Crippen molar-refractivity contribution in [1.82, 2.24) is 0 Å². The molecule has 2 aliphatic rings. The molecule has 2 fully saturated rings. The van der Waals surface area contributed by atoms with E-state index in [1.165, 1.54) is 0 Å². The van der Waals surface area contributed by atoms with Gasteiger partial charge in [0.15, 0.2) is 0 Å². The fraction of sp³-hybridized carbons (Fsp3) is 0.923. The van der Waals surface area contributed by atoms with Gasteiger partial charge in [-0.15, -0.1) is 0 Å². The van der Waals surface area contributed by atoms with Crippen LogP contribution in [-0.2, 0) is 19.6 Å². The average Bonchev–Trinajstić information content (AvgIpc) is 2.37. The maximum absolute atomic E-state index is 11.2. The predicted molar refractivity (Wildman–Crippen MR) is 71.6 cm³/mol. The largest absolute Gasteiger partial charge is 1.00 e. The predicted octanol–water partition coefficient (Wildman–Crippen LogP) is -2.52. The van der Waals surface area contributed by atoms with Gasteiger partial charge in [0.2, 0.25) is 0 Å². The number of hydrogen-bond acceptors (Lipinski definition) is 6.